The van der Waals surface area contributed by atoms with Gasteiger partial charge in [-0.3, -0.25) is 4.79 Å². The highest BCUT2D eigenvalue weighted by atomic mass is 19.4. The van der Waals surface area contributed by atoms with Gasteiger partial charge in [0.15, 0.2) is 0 Å². The molecule has 0 atom stereocenters. The normalized spacial score (nSPS) is 27.4. The van der Waals surface area contributed by atoms with E-state index in [1.165, 1.54) is 0 Å². The molecule has 0 aromatic carbocycles. The van der Waals surface area contributed by atoms with E-state index in [4.69, 9.17) is 0 Å². The van der Waals surface area contributed by atoms with Crippen LogP contribution in [-0.2, 0) is 9.53 Å². The summed E-state index contributed by atoms with van der Waals surface area (Å²) in [5, 5.41) is 12.7. The lowest BCUT2D eigenvalue weighted by Crippen LogP contribution is -2.46. The fourth-order valence-electron chi connectivity index (χ4n) is 2.37. The Kier molecular flexibility index (Phi) is 6.26. The Labute approximate surface area is 116 Å². The summed E-state index contributed by atoms with van der Waals surface area (Å²) in [4.78, 5) is 11.3. The first-order chi connectivity index (χ1) is 9.24. The van der Waals surface area contributed by atoms with Crippen LogP contribution >= 0.6 is 0 Å². The molecule has 0 bridgehead atoms. The van der Waals surface area contributed by atoms with E-state index in [2.05, 4.69) is 17.0 Å². The predicted octanol–water partition coefficient (Wildman–Crippen LogP) is 2.01. The molecule has 1 saturated carbocycles. The average Bonchev–Trinajstić information content (AvgIpc) is 2.36. The van der Waals surface area contributed by atoms with Crippen molar-refractivity contribution in [3.63, 3.8) is 0 Å². The van der Waals surface area contributed by atoms with Crippen LogP contribution in [0.3, 0.4) is 0 Å². The maximum Gasteiger partial charge on any atom is 0.411 e. The van der Waals surface area contributed by atoms with E-state index in [-0.39, 0.29) is 6.54 Å². The lowest BCUT2D eigenvalue weighted by Gasteiger charge is -2.35. The lowest BCUT2D eigenvalue weighted by atomic mass is 9.78. The third-order valence-corrected chi connectivity index (χ3v) is 3.73. The first kappa shape index (κ1) is 17.2. The van der Waals surface area contributed by atoms with Crippen molar-refractivity contribution in [3.05, 3.63) is 0 Å². The van der Waals surface area contributed by atoms with Crippen LogP contribution in [0.5, 0.6) is 0 Å². The Morgan fingerprint density at radius 2 is 2.00 bits per heavy atom. The van der Waals surface area contributed by atoms with Crippen LogP contribution in [0.15, 0.2) is 0 Å². The van der Waals surface area contributed by atoms with E-state index in [1.807, 2.05) is 0 Å². The standard InChI is InChI=1S/C13H22F3NO3/c1-2-10-3-5-12(19,6-4-10)8-17-11(18)7-20-9-13(14,15)16/h10,19H,2-9H2,1H3,(H,17,18). The number of nitrogens with one attached hydrogen (secondary N) is 1. The molecule has 0 spiro atoms. The molecule has 0 saturated heterocycles. The van der Waals surface area contributed by atoms with Gasteiger partial charge in [-0.05, 0) is 31.6 Å². The fraction of sp³-hybridized carbons (Fsp3) is 0.923. The van der Waals surface area contributed by atoms with Gasteiger partial charge in [-0.15, -0.1) is 0 Å². The quantitative estimate of drug-likeness (QED) is 0.788. The highest BCUT2D eigenvalue weighted by Gasteiger charge is 2.33. The number of carbonyl (C=O) groups is 1. The van der Waals surface area contributed by atoms with Crippen molar-refractivity contribution in [1.29, 1.82) is 0 Å². The monoisotopic (exact) mass is 297 g/mol. The Bertz CT molecular complexity index is 312. The minimum atomic E-state index is -4.43. The molecule has 0 aromatic rings. The number of halogens is 3. The van der Waals surface area contributed by atoms with E-state index in [0.29, 0.717) is 18.8 Å². The van der Waals surface area contributed by atoms with Gasteiger partial charge in [0.25, 0.3) is 0 Å². The Hall–Kier alpha value is -0.820. The summed E-state index contributed by atoms with van der Waals surface area (Å²) in [5.41, 5.74) is -0.939. The highest BCUT2D eigenvalue weighted by molar-refractivity contribution is 5.77. The number of hydrogen-bond donors (Lipinski definition) is 2. The molecule has 118 valence electrons. The number of amides is 1. The van der Waals surface area contributed by atoms with Gasteiger partial charge in [-0.2, -0.15) is 13.2 Å². The molecule has 2 N–H and O–H groups in total. The Morgan fingerprint density at radius 3 is 2.50 bits per heavy atom. The minimum Gasteiger partial charge on any atom is -0.388 e. The largest absolute Gasteiger partial charge is 0.411 e. The van der Waals surface area contributed by atoms with Crippen LogP contribution in [0.2, 0.25) is 0 Å². The maximum atomic E-state index is 11.8. The number of alkyl halides is 3. The zero-order valence-corrected chi connectivity index (χ0v) is 11.6. The van der Waals surface area contributed by atoms with Gasteiger partial charge in [-0.1, -0.05) is 13.3 Å². The number of aliphatic hydroxyl groups is 1. The molecule has 1 aliphatic carbocycles. The van der Waals surface area contributed by atoms with E-state index >= 15 is 0 Å². The van der Waals surface area contributed by atoms with Crippen LogP contribution in [-0.4, -0.2) is 42.5 Å². The number of ether oxygens (including phenoxy) is 1. The molecule has 1 fully saturated rings. The van der Waals surface area contributed by atoms with E-state index in [9.17, 15) is 23.1 Å². The van der Waals surface area contributed by atoms with Gasteiger partial charge in [-0.25, -0.2) is 0 Å². The molecule has 1 aliphatic rings. The summed E-state index contributed by atoms with van der Waals surface area (Å²) in [5.74, 6) is -0.0265. The van der Waals surface area contributed by atoms with Gasteiger partial charge in [0.2, 0.25) is 5.91 Å². The van der Waals surface area contributed by atoms with Gasteiger partial charge in [0.05, 0.1) is 5.60 Å². The second kappa shape index (κ2) is 7.26. The molecule has 20 heavy (non-hydrogen) atoms. The summed E-state index contributed by atoms with van der Waals surface area (Å²) in [7, 11) is 0. The zero-order valence-electron chi connectivity index (χ0n) is 11.6. The molecular formula is C13H22F3NO3. The van der Waals surface area contributed by atoms with Crippen molar-refractivity contribution >= 4 is 5.91 Å². The molecule has 0 aromatic heterocycles. The summed E-state index contributed by atoms with van der Waals surface area (Å²) in [6.07, 6.45) is -0.323. The van der Waals surface area contributed by atoms with Gasteiger partial charge in [0.1, 0.15) is 13.2 Å². The van der Waals surface area contributed by atoms with Crippen LogP contribution in [0, 0.1) is 5.92 Å². The fourth-order valence-corrected chi connectivity index (χ4v) is 2.37. The summed E-state index contributed by atoms with van der Waals surface area (Å²) >= 11 is 0. The number of rotatable bonds is 6. The smallest absolute Gasteiger partial charge is 0.388 e. The van der Waals surface area contributed by atoms with Crippen LogP contribution in [0.4, 0.5) is 13.2 Å². The van der Waals surface area contributed by atoms with Gasteiger partial charge >= 0.3 is 6.18 Å². The molecule has 7 heteroatoms. The zero-order chi connectivity index (χ0) is 15.2. The van der Waals surface area contributed by atoms with Crippen molar-refractivity contribution in [3.8, 4) is 0 Å². The molecule has 0 unspecified atom stereocenters. The summed E-state index contributed by atoms with van der Waals surface area (Å²) < 4.78 is 39.7. The predicted molar refractivity (Wildman–Crippen MR) is 67.1 cm³/mol. The van der Waals surface area contributed by atoms with Crippen molar-refractivity contribution in [2.75, 3.05) is 19.8 Å². The Balaban J connectivity index is 2.20. The summed E-state index contributed by atoms with van der Waals surface area (Å²) in [6, 6.07) is 0. The van der Waals surface area contributed by atoms with Gasteiger partial charge < -0.3 is 15.2 Å². The molecule has 4 nitrogen and oxygen atoms in total. The highest BCUT2D eigenvalue weighted by Crippen LogP contribution is 2.33. The Morgan fingerprint density at radius 1 is 1.40 bits per heavy atom. The van der Waals surface area contributed by atoms with E-state index in [0.717, 1.165) is 19.3 Å². The molecular weight excluding hydrogens is 275 g/mol. The first-order valence-electron chi connectivity index (χ1n) is 6.88. The summed E-state index contributed by atoms with van der Waals surface area (Å²) in [6.45, 7) is 0.0858. The van der Waals surface area contributed by atoms with Crippen molar-refractivity contribution < 1.29 is 27.8 Å². The molecule has 0 aliphatic heterocycles. The SMILES string of the molecule is CCC1CCC(O)(CNC(=O)COCC(F)(F)F)CC1. The average molecular weight is 297 g/mol. The maximum absolute atomic E-state index is 11.8. The third-order valence-electron chi connectivity index (χ3n) is 3.73. The minimum absolute atomic E-state index is 0.0671. The lowest BCUT2D eigenvalue weighted by molar-refractivity contribution is -0.175. The third kappa shape index (κ3) is 6.56. The number of hydrogen-bond acceptors (Lipinski definition) is 3. The van der Waals surface area contributed by atoms with Crippen molar-refractivity contribution in [2.24, 2.45) is 5.92 Å². The second-order valence-electron chi connectivity index (χ2n) is 5.46. The first-order valence-corrected chi connectivity index (χ1v) is 6.88. The van der Waals surface area contributed by atoms with Crippen LogP contribution in [0.1, 0.15) is 39.0 Å². The molecule has 1 amide bonds. The van der Waals surface area contributed by atoms with E-state index < -0.39 is 30.9 Å². The van der Waals surface area contributed by atoms with Crippen LogP contribution < -0.4 is 5.32 Å². The molecule has 1 rings (SSSR count). The van der Waals surface area contributed by atoms with Crippen molar-refractivity contribution in [1.82, 2.24) is 5.32 Å². The van der Waals surface area contributed by atoms with E-state index in [1.54, 1.807) is 0 Å². The van der Waals surface area contributed by atoms with Crippen molar-refractivity contribution in [2.45, 2.75) is 50.8 Å². The van der Waals surface area contributed by atoms with Crippen LogP contribution in [0.25, 0.3) is 0 Å². The molecule has 0 heterocycles. The number of carbonyl (C=O) groups excluding carboxylic acids is 1. The second-order valence-corrected chi connectivity index (χ2v) is 5.46. The topological polar surface area (TPSA) is 58.6 Å². The van der Waals surface area contributed by atoms with Gasteiger partial charge in [0, 0.05) is 6.54 Å². The molecule has 0 radical (unpaired) electrons.